The van der Waals surface area contributed by atoms with Crippen LogP contribution in [0.1, 0.15) is 12.8 Å². The Hall–Kier alpha value is -0.990. The molecule has 0 amide bonds. The van der Waals surface area contributed by atoms with Crippen molar-refractivity contribution in [3.05, 3.63) is 24.3 Å². The first kappa shape index (κ1) is 14.0. The molecular weight excluding hydrogens is 305 g/mol. The molecule has 0 spiro atoms. The van der Waals surface area contributed by atoms with E-state index < -0.39 is 25.1 Å². The van der Waals surface area contributed by atoms with Gasteiger partial charge in [-0.3, -0.25) is 0 Å². The lowest BCUT2D eigenvalue weighted by Gasteiger charge is -2.27. The molecule has 0 bridgehead atoms. The van der Waals surface area contributed by atoms with Gasteiger partial charge in [-0.25, -0.2) is 8.42 Å². The molecule has 0 aromatic heterocycles. The standard InChI is InChI=1S/C12H14FNO4S2/c13-19(15,16)11-3-5-12(6-4-11)20(17,18)14-7-9-1-2-10(9)8-14/h3-6,9-10H,1-2,7-8H2. The summed E-state index contributed by atoms with van der Waals surface area (Å²) < 4.78 is 60.4. The van der Waals surface area contributed by atoms with Crippen LogP contribution < -0.4 is 0 Å². The highest BCUT2D eigenvalue weighted by Crippen LogP contribution is 2.42. The first-order valence-electron chi connectivity index (χ1n) is 6.33. The largest absolute Gasteiger partial charge is 0.332 e. The lowest BCUT2D eigenvalue weighted by molar-refractivity contribution is 0.243. The minimum absolute atomic E-state index is 0.00574. The molecule has 1 saturated heterocycles. The number of rotatable bonds is 3. The van der Waals surface area contributed by atoms with Crippen molar-refractivity contribution in [1.82, 2.24) is 4.31 Å². The van der Waals surface area contributed by atoms with E-state index in [0.29, 0.717) is 24.9 Å². The molecule has 1 saturated carbocycles. The van der Waals surface area contributed by atoms with Crippen LogP contribution in [0.2, 0.25) is 0 Å². The molecule has 1 aromatic carbocycles. The molecule has 2 fully saturated rings. The maximum atomic E-state index is 12.8. The topological polar surface area (TPSA) is 71.5 Å². The number of nitrogens with zero attached hydrogens (tertiary/aromatic N) is 1. The molecule has 8 heteroatoms. The molecule has 5 nitrogen and oxygen atoms in total. The zero-order valence-corrected chi connectivity index (χ0v) is 12.2. The molecular formula is C12H14FNO4S2. The van der Waals surface area contributed by atoms with Crippen LogP contribution in [-0.4, -0.2) is 34.2 Å². The SMILES string of the molecule is O=S(=O)(F)c1ccc(S(=O)(=O)N2CC3CCC3C2)cc1. The summed E-state index contributed by atoms with van der Waals surface area (Å²) in [6.45, 7) is 1.05. The van der Waals surface area contributed by atoms with E-state index in [4.69, 9.17) is 0 Å². The van der Waals surface area contributed by atoms with E-state index in [1.807, 2.05) is 0 Å². The summed E-state index contributed by atoms with van der Waals surface area (Å²) in [6, 6.07) is 4.24. The predicted octanol–water partition coefficient (Wildman–Crippen LogP) is 1.38. The third-order valence-electron chi connectivity index (χ3n) is 4.19. The van der Waals surface area contributed by atoms with Gasteiger partial charge in [0.1, 0.15) is 0 Å². The Morgan fingerprint density at radius 2 is 1.35 bits per heavy atom. The quantitative estimate of drug-likeness (QED) is 0.789. The Morgan fingerprint density at radius 3 is 1.75 bits per heavy atom. The predicted molar refractivity (Wildman–Crippen MR) is 69.7 cm³/mol. The zero-order chi connectivity index (χ0) is 14.5. The molecule has 2 atom stereocenters. The van der Waals surface area contributed by atoms with Gasteiger partial charge in [0, 0.05) is 13.1 Å². The fraction of sp³-hybridized carbons (Fsp3) is 0.500. The maximum absolute atomic E-state index is 12.8. The zero-order valence-electron chi connectivity index (χ0n) is 10.6. The number of hydrogen-bond donors (Lipinski definition) is 0. The Balaban J connectivity index is 1.88. The van der Waals surface area contributed by atoms with Gasteiger partial charge in [-0.1, -0.05) is 0 Å². The molecule has 1 aliphatic heterocycles. The minimum Gasteiger partial charge on any atom is -0.207 e. The van der Waals surface area contributed by atoms with Crippen molar-refractivity contribution in [3.63, 3.8) is 0 Å². The lowest BCUT2D eigenvalue weighted by Crippen LogP contribution is -2.28. The van der Waals surface area contributed by atoms with Crippen molar-refractivity contribution in [1.29, 1.82) is 0 Å². The summed E-state index contributed by atoms with van der Waals surface area (Å²) in [6.07, 6.45) is 2.13. The summed E-state index contributed by atoms with van der Waals surface area (Å²) in [4.78, 5) is -0.524. The molecule has 1 aromatic rings. The monoisotopic (exact) mass is 319 g/mol. The Morgan fingerprint density at radius 1 is 0.900 bits per heavy atom. The second kappa shape index (κ2) is 4.51. The lowest BCUT2D eigenvalue weighted by atomic mass is 9.77. The summed E-state index contributed by atoms with van der Waals surface area (Å²) in [5, 5.41) is 0. The number of hydrogen-bond acceptors (Lipinski definition) is 4. The van der Waals surface area contributed by atoms with Crippen LogP contribution in [-0.2, 0) is 20.2 Å². The van der Waals surface area contributed by atoms with E-state index in [9.17, 15) is 20.7 Å². The van der Waals surface area contributed by atoms with Gasteiger partial charge in [0.2, 0.25) is 10.0 Å². The van der Waals surface area contributed by atoms with Crippen molar-refractivity contribution < 1.29 is 20.7 Å². The van der Waals surface area contributed by atoms with Crippen LogP contribution in [0.3, 0.4) is 0 Å². The maximum Gasteiger partial charge on any atom is 0.332 e. The Labute approximate surface area is 117 Å². The number of halogens is 1. The third kappa shape index (κ3) is 2.25. The average Bonchev–Trinajstić information content (AvgIpc) is 2.65. The van der Waals surface area contributed by atoms with E-state index in [1.54, 1.807) is 0 Å². The average molecular weight is 319 g/mol. The van der Waals surface area contributed by atoms with Crippen LogP contribution >= 0.6 is 0 Å². The van der Waals surface area contributed by atoms with Gasteiger partial charge < -0.3 is 0 Å². The van der Waals surface area contributed by atoms with E-state index in [2.05, 4.69) is 0 Å². The van der Waals surface area contributed by atoms with Gasteiger partial charge in [0.25, 0.3) is 0 Å². The number of benzene rings is 1. The molecule has 0 N–H and O–H groups in total. The second-order valence-corrected chi connectivity index (χ2v) is 8.61. The number of sulfonamides is 1. The molecule has 3 rings (SSSR count). The van der Waals surface area contributed by atoms with Crippen LogP contribution in [0.15, 0.2) is 34.1 Å². The first-order valence-corrected chi connectivity index (χ1v) is 9.16. The van der Waals surface area contributed by atoms with Crippen molar-refractivity contribution in [2.45, 2.75) is 22.6 Å². The van der Waals surface area contributed by atoms with Crippen molar-refractivity contribution >= 4 is 20.2 Å². The summed E-state index contributed by atoms with van der Waals surface area (Å²) in [7, 11) is -8.41. The van der Waals surface area contributed by atoms with Gasteiger partial charge in [0.15, 0.2) is 0 Å². The van der Waals surface area contributed by atoms with E-state index in [0.717, 1.165) is 37.1 Å². The molecule has 0 radical (unpaired) electrons. The van der Waals surface area contributed by atoms with Gasteiger partial charge in [-0.2, -0.15) is 12.7 Å². The van der Waals surface area contributed by atoms with Gasteiger partial charge in [-0.15, -0.1) is 3.89 Å². The smallest absolute Gasteiger partial charge is 0.207 e. The van der Waals surface area contributed by atoms with Crippen LogP contribution in [0.4, 0.5) is 3.89 Å². The first-order chi connectivity index (χ1) is 9.28. The fourth-order valence-corrected chi connectivity index (χ4v) is 4.85. The molecule has 2 unspecified atom stereocenters. The van der Waals surface area contributed by atoms with Gasteiger partial charge in [-0.05, 0) is 48.9 Å². The Bertz CT molecular complexity index is 715. The van der Waals surface area contributed by atoms with E-state index in [1.165, 1.54) is 4.31 Å². The summed E-state index contributed by atoms with van der Waals surface area (Å²) >= 11 is 0. The normalized spacial score (nSPS) is 27.1. The van der Waals surface area contributed by atoms with Crippen LogP contribution in [0, 0.1) is 11.8 Å². The molecule has 1 aliphatic carbocycles. The van der Waals surface area contributed by atoms with Crippen molar-refractivity contribution in [2.24, 2.45) is 11.8 Å². The van der Waals surface area contributed by atoms with E-state index in [-0.39, 0.29) is 4.90 Å². The molecule has 2 aliphatic rings. The molecule has 110 valence electrons. The third-order valence-corrected chi connectivity index (χ3v) is 6.88. The number of fused-ring (bicyclic) bond motifs is 1. The molecule has 1 heterocycles. The van der Waals surface area contributed by atoms with Gasteiger partial charge in [0.05, 0.1) is 9.79 Å². The van der Waals surface area contributed by atoms with E-state index >= 15 is 0 Å². The highest BCUT2D eigenvalue weighted by Gasteiger charge is 2.43. The fourth-order valence-electron chi connectivity index (χ4n) is 2.84. The highest BCUT2D eigenvalue weighted by atomic mass is 32.3. The summed E-state index contributed by atoms with van der Waals surface area (Å²) in [5.74, 6) is 0.908. The van der Waals surface area contributed by atoms with Crippen molar-refractivity contribution in [2.75, 3.05) is 13.1 Å². The molecule has 20 heavy (non-hydrogen) atoms. The Kier molecular flexibility index (Phi) is 3.15. The summed E-state index contributed by atoms with van der Waals surface area (Å²) in [5.41, 5.74) is 0. The van der Waals surface area contributed by atoms with Crippen molar-refractivity contribution in [3.8, 4) is 0 Å². The van der Waals surface area contributed by atoms with Crippen LogP contribution in [0.5, 0.6) is 0 Å². The highest BCUT2D eigenvalue weighted by molar-refractivity contribution is 7.89. The van der Waals surface area contributed by atoms with Gasteiger partial charge >= 0.3 is 10.2 Å². The minimum atomic E-state index is -4.80. The second-order valence-electron chi connectivity index (χ2n) is 5.33. The van der Waals surface area contributed by atoms with Crippen LogP contribution in [0.25, 0.3) is 0 Å².